The first-order valence-electron chi connectivity index (χ1n) is 8.41. The van der Waals surface area contributed by atoms with Crippen molar-refractivity contribution in [3.63, 3.8) is 0 Å². The molecule has 0 radical (unpaired) electrons. The number of amides is 2. The van der Waals surface area contributed by atoms with Crippen molar-refractivity contribution >= 4 is 34.6 Å². The second-order valence-electron chi connectivity index (χ2n) is 6.14. The maximum Gasteiger partial charge on any atom is 0.281 e. The Hall–Kier alpha value is -2.47. The number of benzene rings is 1. The summed E-state index contributed by atoms with van der Waals surface area (Å²) in [5, 5.41) is 8.83. The summed E-state index contributed by atoms with van der Waals surface area (Å²) in [5.41, 5.74) is 6.53. The van der Waals surface area contributed by atoms with Crippen LogP contribution < -0.4 is 10.7 Å². The molecule has 1 aromatic carbocycles. The Kier molecular flexibility index (Phi) is 5.60. The van der Waals surface area contributed by atoms with Crippen LogP contribution in [-0.4, -0.2) is 17.5 Å². The van der Waals surface area contributed by atoms with Gasteiger partial charge in [0.25, 0.3) is 5.91 Å². The number of rotatable bonds is 5. The van der Waals surface area contributed by atoms with Gasteiger partial charge in [-0.25, -0.2) is 5.43 Å². The van der Waals surface area contributed by atoms with Gasteiger partial charge in [0.15, 0.2) is 0 Å². The van der Waals surface area contributed by atoms with E-state index in [9.17, 15) is 9.59 Å². The molecular formula is C19H21N3O2S. The zero-order valence-corrected chi connectivity index (χ0v) is 15.0. The lowest BCUT2D eigenvalue weighted by Gasteiger charge is -2.19. The smallest absolute Gasteiger partial charge is 0.281 e. The van der Waals surface area contributed by atoms with Gasteiger partial charge in [-0.05, 0) is 61.2 Å². The van der Waals surface area contributed by atoms with Gasteiger partial charge in [0.05, 0.1) is 11.3 Å². The van der Waals surface area contributed by atoms with Crippen LogP contribution >= 0.6 is 11.3 Å². The van der Waals surface area contributed by atoms with Gasteiger partial charge < -0.3 is 5.32 Å². The molecule has 2 N–H and O–H groups in total. The van der Waals surface area contributed by atoms with Crippen LogP contribution in [0.2, 0.25) is 0 Å². The lowest BCUT2D eigenvalue weighted by molar-refractivity contribution is -0.115. The van der Waals surface area contributed by atoms with Gasteiger partial charge in [-0.15, -0.1) is 11.3 Å². The molecule has 0 saturated carbocycles. The van der Waals surface area contributed by atoms with E-state index in [0.717, 1.165) is 24.9 Å². The minimum absolute atomic E-state index is 0.120. The summed E-state index contributed by atoms with van der Waals surface area (Å²) in [6.45, 7) is 1.73. The predicted molar refractivity (Wildman–Crippen MR) is 101 cm³/mol. The molecule has 0 aliphatic heterocycles. The number of hydrazone groups is 1. The normalized spacial score (nSPS) is 13.9. The fourth-order valence-electron chi connectivity index (χ4n) is 2.97. The van der Waals surface area contributed by atoms with Crippen LogP contribution in [0, 0.1) is 0 Å². The molecule has 0 bridgehead atoms. The van der Waals surface area contributed by atoms with E-state index >= 15 is 0 Å². The van der Waals surface area contributed by atoms with Crippen molar-refractivity contribution in [2.75, 3.05) is 5.32 Å². The quantitative estimate of drug-likeness (QED) is 0.633. The summed E-state index contributed by atoms with van der Waals surface area (Å²) in [6.07, 6.45) is 4.60. The Bertz CT molecular complexity index is 797. The number of hydrogen-bond donors (Lipinski definition) is 2. The molecule has 1 heterocycles. The number of carbonyl (C=O) groups is 2. The first-order chi connectivity index (χ1) is 12.1. The molecule has 1 aliphatic carbocycles. The summed E-state index contributed by atoms with van der Waals surface area (Å²) < 4.78 is 0. The Morgan fingerprint density at radius 3 is 2.80 bits per heavy atom. The molecule has 1 aliphatic rings. The molecule has 2 amide bonds. The lowest BCUT2D eigenvalue weighted by Crippen LogP contribution is -2.21. The van der Waals surface area contributed by atoms with Gasteiger partial charge in [0.2, 0.25) is 5.91 Å². The van der Waals surface area contributed by atoms with E-state index in [2.05, 4.69) is 21.9 Å². The number of aryl methyl sites for hydroxylation is 1. The van der Waals surface area contributed by atoms with Gasteiger partial charge in [-0.2, -0.15) is 5.10 Å². The van der Waals surface area contributed by atoms with Crippen LogP contribution in [0.4, 0.5) is 5.69 Å². The average molecular weight is 355 g/mol. The molecule has 0 atom stereocenters. The minimum atomic E-state index is -0.258. The van der Waals surface area contributed by atoms with Crippen molar-refractivity contribution in [1.82, 2.24) is 5.43 Å². The van der Waals surface area contributed by atoms with Crippen LogP contribution in [-0.2, 0) is 17.6 Å². The van der Waals surface area contributed by atoms with Gasteiger partial charge >= 0.3 is 0 Å². The van der Waals surface area contributed by atoms with Crippen molar-refractivity contribution < 1.29 is 9.59 Å². The second kappa shape index (κ2) is 8.07. The zero-order valence-electron chi connectivity index (χ0n) is 14.2. The standard InChI is InChI=1S/C19H21N3O2S/c1-13(21-22-19(24)17-10-5-11-25-17)12-18(23)20-16-9-4-7-14-6-2-3-8-15(14)16/h4-5,7,9-11H,2-3,6,8,12H2,1H3,(H,20,23)(H,22,24)/b21-13+. The first-order valence-corrected chi connectivity index (χ1v) is 9.29. The Morgan fingerprint density at radius 1 is 1.16 bits per heavy atom. The molecule has 25 heavy (non-hydrogen) atoms. The molecule has 0 spiro atoms. The number of nitrogens with zero attached hydrogens (tertiary/aromatic N) is 1. The van der Waals surface area contributed by atoms with Gasteiger partial charge in [0, 0.05) is 11.4 Å². The van der Waals surface area contributed by atoms with Gasteiger partial charge in [-0.3, -0.25) is 9.59 Å². The summed E-state index contributed by atoms with van der Waals surface area (Å²) in [7, 11) is 0. The zero-order chi connectivity index (χ0) is 17.6. The number of nitrogens with one attached hydrogen (secondary N) is 2. The highest BCUT2D eigenvalue weighted by Crippen LogP contribution is 2.27. The number of anilines is 1. The number of hydrogen-bond acceptors (Lipinski definition) is 4. The van der Waals surface area contributed by atoms with Crippen LogP contribution in [0.15, 0.2) is 40.8 Å². The van der Waals surface area contributed by atoms with Crippen molar-refractivity contribution in [2.45, 2.75) is 39.0 Å². The summed E-state index contributed by atoms with van der Waals surface area (Å²) in [4.78, 5) is 24.7. The molecule has 6 heteroatoms. The molecule has 1 aromatic heterocycles. The lowest BCUT2D eigenvalue weighted by atomic mass is 9.90. The van der Waals surface area contributed by atoms with E-state index in [0.29, 0.717) is 10.6 Å². The second-order valence-corrected chi connectivity index (χ2v) is 7.09. The SMILES string of the molecule is C/C(CC(=O)Nc1cccc2c1CCCC2)=N\NC(=O)c1cccs1. The van der Waals surface area contributed by atoms with E-state index < -0.39 is 0 Å². The minimum Gasteiger partial charge on any atom is -0.325 e. The largest absolute Gasteiger partial charge is 0.325 e. The molecule has 0 saturated heterocycles. The third kappa shape index (κ3) is 4.54. The van der Waals surface area contributed by atoms with E-state index in [1.807, 2.05) is 23.6 Å². The fourth-order valence-corrected chi connectivity index (χ4v) is 3.59. The van der Waals surface area contributed by atoms with Crippen molar-refractivity contribution in [2.24, 2.45) is 5.10 Å². The van der Waals surface area contributed by atoms with E-state index in [4.69, 9.17) is 0 Å². The topological polar surface area (TPSA) is 70.6 Å². The van der Waals surface area contributed by atoms with Crippen molar-refractivity contribution in [3.8, 4) is 0 Å². The van der Waals surface area contributed by atoms with Crippen LogP contribution in [0.1, 0.15) is 47.0 Å². The van der Waals surface area contributed by atoms with E-state index in [-0.39, 0.29) is 18.2 Å². The Balaban J connectivity index is 1.57. The van der Waals surface area contributed by atoms with E-state index in [1.54, 1.807) is 13.0 Å². The molecule has 3 rings (SSSR count). The Morgan fingerprint density at radius 2 is 2.00 bits per heavy atom. The maximum atomic E-state index is 12.3. The number of thiophene rings is 1. The summed E-state index contributed by atoms with van der Waals surface area (Å²) in [6, 6.07) is 9.62. The van der Waals surface area contributed by atoms with Gasteiger partial charge in [-0.1, -0.05) is 18.2 Å². The average Bonchev–Trinajstić information content (AvgIpc) is 3.15. The highest BCUT2D eigenvalue weighted by atomic mass is 32.1. The number of fused-ring (bicyclic) bond motifs is 1. The third-order valence-electron chi connectivity index (χ3n) is 4.18. The molecule has 0 fully saturated rings. The monoisotopic (exact) mass is 355 g/mol. The molecular weight excluding hydrogens is 334 g/mol. The third-order valence-corrected chi connectivity index (χ3v) is 5.05. The predicted octanol–water partition coefficient (Wildman–Crippen LogP) is 3.76. The molecule has 0 unspecified atom stereocenters. The maximum absolute atomic E-state index is 12.3. The van der Waals surface area contributed by atoms with Crippen LogP contribution in [0.25, 0.3) is 0 Å². The Labute approximate surface area is 151 Å². The fraction of sp³-hybridized carbons (Fsp3) is 0.316. The highest BCUT2D eigenvalue weighted by molar-refractivity contribution is 7.12. The molecule has 2 aromatic rings. The first kappa shape index (κ1) is 17.4. The van der Waals surface area contributed by atoms with Gasteiger partial charge in [0.1, 0.15) is 0 Å². The van der Waals surface area contributed by atoms with Crippen LogP contribution in [0.5, 0.6) is 0 Å². The van der Waals surface area contributed by atoms with E-state index in [1.165, 1.54) is 28.9 Å². The molecule has 5 nitrogen and oxygen atoms in total. The highest BCUT2D eigenvalue weighted by Gasteiger charge is 2.15. The summed E-state index contributed by atoms with van der Waals surface area (Å²) in [5.74, 6) is -0.377. The summed E-state index contributed by atoms with van der Waals surface area (Å²) >= 11 is 1.35. The van der Waals surface area contributed by atoms with Crippen molar-refractivity contribution in [3.05, 3.63) is 51.7 Å². The van der Waals surface area contributed by atoms with Crippen LogP contribution in [0.3, 0.4) is 0 Å². The number of carbonyl (C=O) groups excluding carboxylic acids is 2. The van der Waals surface area contributed by atoms with Crippen molar-refractivity contribution in [1.29, 1.82) is 0 Å². The molecule has 130 valence electrons.